The Morgan fingerprint density at radius 2 is 0.933 bits per heavy atom. The summed E-state index contributed by atoms with van der Waals surface area (Å²) in [4.78, 5) is 0. The number of rotatable bonds is 2. The van der Waals surface area contributed by atoms with Gasteiger partial charge >= 0.3 is 106 Å². The van der Waals surface area contributed by atoms with Gasteiger partial charge in [-0.3, -0.25) is 0 Å². The first-order chi connectivity index (χ1) is 7.24. The van der Waals surface area contributed by atoms with Gasteiger partial charge in [0, 0.05) is 0 Å². The average Bonchev–Trinajstić information content (AvgIpc) is 2.25. The van der Waals surface area contributed by atoms with E-state index in [9.17, 15) is 0 Å². The van der Waals surface area contributed by atoms with Crippen LogP contribution in [-0.2, 0) is 0 Å². The molecule has 0 amide bonds. The van der Waals surface area contributed by atoms with Crippen LogP contribution in [0.4, 0.5) is 0 Å². The first kappa shape index (κ1) is 11.1. The summed E-state index contributed by atoms with van der Waals surface area (Å²) in [6.45, 7) is 0. The molecule has 0 radical (unpaired) electrons. The molecule has 0 bridgehead atoms. The summed E-state index contributed by atoms with van der Waals surface area (Å²) in [6, 6.07) is 16.0. The Kier molecular flexibility index (Phi) is 3.72. The molecule has 0 saturated carbocycles. The van der Waals surface area contributed by atoms with Crippen molar-refractivity contribution in [3.63, 3.8) is 0 Å². The van der Waals surface area contributed by atoms with E-state index in [-0.39, 0.29) is 15.2 Å². The van der Waals surface area contributed by atoms with Gasteiger partial charge in [-0.25, -0.2) is 0 Å². The fourth-order valence-corrected chi connectivity index (χ4v) is 2.72. The van der Waals surface area contributed by atoms with E-state index in [0.29, 0.717) is 0 Å². The molecule has 0 N–H and O–H groups in total. The number of hydrogen-bond acceptors (Lipinski definition) is 0. The monoisotopic (exact) mass is 249 g/mol. The van der Waals surface area contributed by atoms with Crippen LogP contribution < -0.4 is 8.85 Å². The number of hydrogen-bond donors (Lipinski definition) is 0. The van der Waals surface area contributed by atoms with Gasteiger partial charge in [-0.1, -0.05) is 0 Å². The Balaban J connectivity index is 2.15. The standard InChI is InChI=1S/2C6H4Cl.Al/c2*7-6-4-2-1-3-5-6;/h2*2-5H;/q;;+1. The molecule has 2 rings (SSSR count). The molecule has 0 nitrogen and oxygen atoms in total. The van der Waals surface area contributed by atoms with Gasteiger partial charge in [-0.2, -0.15) is 0 Å². The predicted octanol–water partition coefficient (Wildman–Crippen LogP) is 2.65. The van der Waals surface area contributed by atoms with Crippen LogP contribution >= 0.6 is 23.2 Å². The van der Waals surface area contributed by atoms with E-state index in [2.05, 4.69) is 24.3 Å². The minimum absolute atomic E-state index is 0.134. The van der Waals surface area contributed by atoms with Crippen LogP contribution in [0.2, 0.25) is 10.0 Å². The SMILES string of the molecule is Clc1cc[c]([Al+][c]2ccc(Cl)cc2)cc1. The molecule has 2 aromatic rings. The van der Waals surface area contributed by atoms with E-state index >= 15 is 0 Å². The Hall–Kier alpha value is -0.448. The second-order valence-electron chi connectivity index (χ2n) is 3.25. The molecule has 0 aliphatic rings. The fraction of sp³-hybridized carbons (Fsp3) is 0. The summed E-state index contributed by atoms with van der Waals surface area (Å²) in [5, 5.41) is 1.57. The van der Waals surface area contributed by atoms with Crippen LogP contribution in [0.5, 0.6) is 0 Å². The zero-order valence-corrected chi connectivity index (χ0v) is 10.6. The molecule has 0 spiro atoms. The van der Waals surface area contributed by atoms with E-state index in [1.807, 2.05) is 24.3 Å². The van der Waals surface area contributed by atoms with Crippen molar-refractivity contribution >= 4 is 47.3 Å². The van der Waals surface area contributed by atoms with E-state index in [4.69, 9.17) is 23.2 Å². The van der Waals surface area contributed by atoms with Gasteiger partial charge in [0.2, 0.25) is 0 Å². The van der Waals surface area contributed by atoms with Gasteiger partial charge < -0.3 is 0 Å². The molecule has 3 heteroatoms. The van der Waals surface area contributed by atoms with Crippen molar-refractivity contribution in [1.29, 1.82) is 0 Å². The minimum atomic E-state index is 0.134. The summed E-state index contributed by atoms with van der Waals surface area (Å²) in [7, 11) is 0. The predicted molar refractivity (Wildman–Crippen MR) is 67.9 cm³/mol. The number of halogens is 2. The Labute approximate surface area is 106 Å². The summed E-state index contributed by atoms with van der Waals surface area (Å²) in [6.07, 6.45) is 0. The molecule has 0 fully saturated rings. The molecule has 0 aromatic heterocycles. The van der Waals surface area contributed by atoms with Crippen LogP contribution in [0.3, 0.4) is 0 Å². The quantitative estimate of drug-likeness (QED) is 0.719. The molecule has 0 unspecified atom stereocenters. The maximum atomic E-state index is 5.83. The van der Waals surface area contributed by atoms with Gasteiger partial charge in [0.1, 0.15) is 0 Å². The van der Waals surface area contributed by atoms with Crippen molar-refractivity contribution in [3.05, 3.63) is 58.6 Å². The van der Waals surface area contributed by atoms with E-state index in [1.54, 1.807) is 0 Å². The summed E-state index contributed by atoms with van der Waals surface area (Å²) < 4.78 is 2.67. The maximum absolute atomic E-state index is 5.83. The first-order valence-corrected chi connectivity index (χ1v) is 6.51. The molecule has 15 heavy (non-hydrogen) atoms. The van der Waals surface area contributed by atoms with Gasteiger partial charge in [-0.15, -0.1) is 0 Å². The zero-order valence-electron chi connectivity index (χ0n) is 7.95. The van der Waals surface area contributed by atoms with Crippen molar-refractivity contribution in [2.75, 3.05) is 0 Å². The normalized spacial score (nSPS) is 9.73. The van der Waals surface area contributed by atoms with E-state index in [0.717, 1.165) is 10.0 Å². The van der Waals surface area contributed by atoms with Gasteiger partial charge in [0.25, 0.3) is 0 Å². The molecule has 0 saturated heterocycles. The molecule has 0 heterocycles. The first-order valence-electron chi connectivity index (χ1n) is 4.60. The van der Waals surface area contributed by atoms with Crippen molar-refractivity contribution in [3.8, 4) is 0 Å². The Morgan fingerprint density at radius 3 is 1.27 bits per heavy atom. The van der Waals surface area contributed by atoms with Crippen molar-refractivity contribution in [1.82, 2.24) is 0 Å². The summed E-state index contributed by atoms with van der Waals surface area (Å²) >= 11 is 11.8. The zero-order chi connectivity index (χ0) is 10.7. The summed E-state index contributed by atoms with van der Waals surface area (Å²) in [5.74, 6) is 0. The van der Waals surface area contributed by atoms with Crippen LogP contribution in [-0.4, -0.2) is 15.2 Å². The molecule has 0 atom stereocenters. The van der Waals surface area contributed by atoms with E-state index < -0.39 is 0 Å². The van der Waals surface area contributed by atoms with Crippen molar-refractivity contribution in [2.24, 2.45) is 0 Å². The van der Waals surface area contributed by atoms with Crippen LogP contribution in [0.1, 0.15) is 0 Å². The third-order valence-corrected chi connectivity index (χ3v) is 4.01. The summed E-state index contributed by atoms with van der Waals surface area (Å²) in [5.41, 5.74) is 0. The molecule has 0 aliphatic carbocycles. The molecular weight excluding hydrogens is 242 g/mol. The molecular formula is C12H8AlCl2+. The second-order valence-corrected chi connectivity index (χ2v) is 5.74. The van der Waals surface area contributed by atoms with Crippen molar-refractivity contribution in [2.45, 2.75) is 0 Å². The molecule has 2 aromatic carbocycles. The third-order valence-electron chi connectivity index (χ3n) is 2.07. The van der Waals surface area contributed by atoms with Crippen LogP contribution in [0.15, 0.2) is 48.5 Å². The average molecular weight is 250 g/mol. The van der Waals surface area contributed by atoms with Crippen LogP contribution in [0.25, 0.3) is 0 Å². The number of benzene rings is 2. The van der Waals surface area contributed by atoms with E-state index in [1.165, 1.54) is 8.85 Å². The molecule has 0 aliphatic heterocycles. The van der Waals surface area contributed by atoms with Gasteiger partial charge in [0.15, 0.2) is 0 Å². The second kappa shape index (κ2) is 5.06. The molecule has 72 valence electrons. The Morgan fingerprint density at radius 1 is 0.600 bits per heavy atom. The van der Waals surface area contributed by atoms with Gasteiger partial charge in [0.05, 0.1) is 0 Å². The van der Waals surface area contributed by atoms with Crippen LogP contribution in [0, 0.1) is 0 Å². The fourth-order valence-electron chi connectivity index (χ4n) is 1.31. The third kappa shape index (κ3) is 3.26. The van der Waals surface area contributed by atoms with Gasteiger partial charge in [-0.05, 0) is 0 Å². The van der Waals surface area contributed by atoms with Crippen molar-refractivity contribution < 1.29 is 0 Å². The Bertz CT molecular complexity index is 391. The topological polar surface area (TPSA) is 0 Å².